The Labute approximate surface area is 199 Å². The molecule has 0 aliphatic carbocycles. The number of aliphatic carboxylic acids is 1. The number of likely N-dealkylation sites (tertiary alicyclic amines) is 1. The van der Waals surface area contributed by atoms with Crippen LogP contribution in [0.25, 0.3) is 0 Å². The maximum atomic E-state index is 13.3. The summed E-state index contributed by atoms with van der Waals surface area (Å²) in [5, 5.41) is 14.9. The molecule has 190 valence electrons. The van der Waals surface area contributed by atoms with Crippen LogP contribution in [0.2, 0.25) is 0 Å². The zero-order valence-electron chi connectivity index (χ0n) is 19.8. The lowest BCUT2D eigenvalue weighted by molar-refractivity contribution is -0.149. The highest BCUT2D eigenvalue weighted by Crippen LogP contribution is 2.19. The van der Waals surface area contributed by atoms with Gasteiger partial charge >= 0.3 is 5.97 Å². The van der Waals surface area contributed by atoms with E-state index < -0.39 is 47.9 Å². The van der Waals surface area contributed by atoms with E-state index in [1.807, 2.05) is 13.8 Å². The van der Waals surface area contributed by atoms with Gasteiger partial charge in [-0.15, -0.1) is 0 Å². The predicted octanol–water partition coefficient (Wildman–Crippen LogP) is -0.890. The number of rotatable bonds is 13. The van der Waals surface area contributed by atoms with Gasteiger partial charge in [-0.2, -0.15) is 0 Å². The predicted molar refractivity (Wildman–Crippen MR) is 124 cm³/mol. The Morgan fingerprint density at radius 1 is 1.21 bits per heavy atom. The Morgan fingerprint density at radius 3 is 2.50 bits per heavy atom. The molecule has 0 radical (unpaired) electrons. The molecule has 4 atom stereocenters. The van der Waals surface area contributed by atoms with Crippen LogP contribution in [0.15, 0.2) is 12.5 Å². The van der Waals surface area contributed by atoms with Crippen LogP contribution in [0.3, 0.4) is 0 Å². The number of aromatic nitrogens is 2. The lowest BCUT2D eigenvalue weighted by Gasteiger charge is -2.29. The molecule has 2 rings (SSSR count). The normalized spacial score (nSPS) is 18.4. The number of aromatic amines is 1. The van der Waals surface area contributed by atoms with E-state index in [0.717, 1.165) is 0 Å². The molecule has 0 saturated carbocycles. The van der Waals surface area contributed by atoms with Crippen LogP contribution in [0, 0.1) is 5.92 Å². The molecule has 1 aromatic rings. The van der Waals surface area contributed by atoms with E-state index in [1.165, 1.54) is 17.4 Å². The average molecular weight is 480 g/mol. The van der Waals surface area contributed by atoms with Crippen LogP contribution >= 0.6 is 0 Å². The second kappa shape index (κ2) is 13.0. The highest BCUT2D eigenvalue weighted by atomic mass is 16.4. The number of carboxylic acid groups (broad SMARTS) is 1. The second-order valence-corrected chi connectivity index (χ2v) is 8.99. The Balaban J connectivity index is 2.20. The molecule has 1 saturated heterocycles. The molecule has 1 fully saturated rings. The smallest absolute Gasteiger partial charge is 0.326 e. The molecule has 34 heavy (non-hydrogen) atoms. The van der Waals surface area contributed by atoms with Gasteiger partial charge in [0.05, 0.1) is 12.4 Å². The molecule has 3 amide bonds. The van der Waals surface area contributed by atoms with Gasteiger partial charge in [0.15, 0.2) is 0 Å². The van der Waals surface area contributed by atoms with Gasteiger partial charge in [-0.25, -0.2) is 9.78 Å². The first kappa shape index (κ1) is 27.3. The van der Waals surface area contributed by atoms with Crippen molar-refractivity contribution in [1.82, 2.24) is 25.5 Å². The number of carbonyl (C=O) groups excluding carboxylic acids is 3. The Hall–Kier alpha value is -2.99. The first-order valence-corrected chi connectivity index (χ1v) is 11.7. The van der Waals surface area contributed by atoms with Gasteiger partial charge in [0.1, 0.15) is 18.1 Å². The van der Waals surface area contributed by atoms with Crippen molar-refractivity contribution in [1.29, 1.82) is 0 Å². The summed E-state index contributed by atoms with van der Waals surface area (Å²) < 4.78 is 0. The molecule has 0 aromatic carbocycles. The fourth-order valence-electron chi connectivity index (χ4n) is 3.91. The molecular formula is C22H37N7O5. The second-order valence-electron chi connectivity index (χ2n) is 8.99. The number of amides is 3. The number of unbranched alkanes of at least 4 members (excludes halogenated alkanes) is 1. The molecule has 1 aliphatic rings. The summed E-state index contributed by atoms with van der Waals surface area (Å²) >= 11 is 0. The fraction of sp³-hybridized carbons (Fsp3) is 0.682. The largest absolute Gasteiger partial charge is 0.480 e. The zero-order chi connectivity index (χ0) is 25.3. The van der Waals surface area contributed by atoms with Gasteiger partial charge in [0.25, 0.3) is 0 Å². The number of carbonyl (C=O) groups is 4. The van der Waals surface area contributed by atoms with Gasteiger partial charge in [-0.05, 0) is 44.6 Å². The number of nitrogens with two attached hydrogens (primary N) is 2. The minimum Gasteiger partial charge on any atom is -0.480 e. The van der Waals surface area contributed by atoms with E-state index in [1.54, 1.807) is 0 Å². The topological polar surface area (TPSA) is 197 Å². The molecule has 1 aliphatic heterocycles. The van der Waals surface area contributed by atoms with Gasteiger partial charge in [0.2, 0.25) is 17.7 Å². The van der Waals surface area contributed by atoms with Crippen molar-refractivity contribution in [3.8, 4) is 0 Å². The fourth-order valence-corrected chi connectivity index (χ4v) is 3.91. The number of hydrogen-bond donors (Lipinski definition) is 6. The number of nitrogens with one attached hydrogen (secondary N) is 3. The zero-order valence-corrected chi connectivity index (χ0v) is 19.8. The van der Waals surface area contributed by atoms with E-state index in [0.29, 0.717) is 50.9 Å². The maximum absolute atomic E-state index is 13.3. The molecule has 0 bridgehead atoms. The lowest BCUT2D eigenvalue weighted by Crippen LogP contribution is -2.58. The average Bonchev–Trinajstić information content (AvgIpc) is 3.49. The third-order valence-corrected chi connectivity index (χ3v) is 6.02. The third kappa shape index (κ3) is 7.52. The molecule has 12 heteroatoms. The van der Waals surface area contributed by atoms with Crippen molar-refractivity contribution in [2.24, 2.45) is 17.4 Å². The van der Waals surface area contributed by atoms with Gasteiger partial charge in [-0.1, -0.05) is 13.8 Å². The molecular weight excluding hydrogens is 442 g/mol. The van der Waals surface area contributed by atoms with E-state index >= 15 is 0 Å². The van der Waals surface area contributed by atoms with Crippen LogP contribution in [-0.2, 0) is 25.6 Å². The van der Waals surface area contributed by atoms with E-state index in [-0.39, 0.29) is 12.3 Å². The van der Waals surface area contributed by atoms with Crippen LogP contribution in [0.5, 0.6) is 0 Å². The number of carboxylic acids is 1. The van der Waals surface area contributed by atoms with Crippen LogP contribution in [0.1, 0.15) is 51.6 Å². The van der Waals surface area contributed by atoms with Crippen molar-refractivity contribution in [2.45, 2.75) is 76.5 Å². The van der Waals surface area contributed by atoms with Gasteiger partial charge < -0.3 is 37.1 Å². The minimum atomic E-state index is -1.08. The summed E-state index contributed by atoms with van der Waals surface area (Å²) in [7, 11) is 0. The summed E-state index contributed by atoms with van der Waals surface area (Å²) in [4.78, 5) is 58.8. The molecule has 8 N–H and O–H groups in total. The summed E-state index contributed by atoms with van der Waals surface area (Å²) in [6.07, 6.45) is 5.60. The SMILES string of the molecule is CC(C)C(N)C(=O)NC(CCCCN)C(=O)NC(Cc1cnc[nH]1)C(=O)N1CCCC1C(=O)O. The molecule has 4 unspecified atom stereocenters. The standard InChI is InChI=1S/C22H37N7O5/c1-13(2)18(24)20(31)27-15(6-3-4-8-23)19(30)28-16(10-14-11-25-12-26-14)21(32)29-9-5-7-17(29)22(33)34/h11-13,15-18H,3-10,23-24H2,1-2H3,(H,25,26)(H,27,31)(H,28,30)(H,33,34). The summed E-state index contributed by atoms with van der Waals surface area (Å²) in [6.45, 7) is 4.36. The Morgan fingerprint density at radius 2 is 1.91 bits per heavy atom. The number of H-pyrrole nitrogens is 1. The van der Waals surface area contributed by atoms with Gasteiger partial charge in [0, 0.05) is 24.9 Å². The molecule has 0 spiro atoms. The van der Waals surface area contributed by atoms with E-state index in [2.05, 4.69) is 20.6 Å². The number of nitrogens with zero attached hydrogens (tertiary/aromatic N) is 2. The monoisotopic (exact) mass is 479 g/mol. The Bertz CT molecular complexity index is 830. The lowest BCUT2D eigenvalue weighted by atomic mass is 10.0. The van der Waals surface area contributed by atoms with Gasteiger partial charge in [-0.3, -0.25) is 14.4 Å². The maximum Gasteiger partial charge on any atom is 0.326 e. The highest BCUT2D eigenvalue weighted by molar-refractivity contribution is 5.94. The summed E-state index contributed by atoms with van der Waals surface area (Å²) in [5.41, 5.74) is 12.1. The van der Waals surface area contributed by atoms with Crippen LogP contribution in [0.4, 0.5) is 0 Å². The summed E-state index contributed by atoms with van der Waals surface area (Å²) in [6, 6.07) is -3.65. The highest BCUT2D eigenvalue weighted by Gasteiger charge is 2.38. The summed E-state index contributed by atoms with van der Waals surface area (Å²) in [5.74, 6) is -2.67. The van der Waals surface area contributed by atoms with E-state index in [4.69, 9.17) is 11.5 Å². The van der Waals surface area contributed by atoms with Crippen molar-refractivity contribution in [3.63, 3.8) is 0 Å². The first-order valence-electron chi connectivity index (χ1n) is 11.7. The number of hydrogen-bond acceptors (Lipinski definition) is 7. The molecule has 2 heterocycles. The molecule has 12 nitrogen and oxygen atoms in total. The third-order valence-electron chi connectivity index (χ3n) is 6.02. The quantitative estimate of drug-likeness (QED) is 0.196. The number of imidazole rings is 1. The van der Waals surface area contributed by atoms with Crippen molar-refractivity contribution in [3.05, 3.63) is 18.2 Å². The van der Waals surface area contributed by atoms with Crippen molar-refractivity contribution < 1.29 is 24.3 Å². The van der Waals surface area contributed by atoms with Crippen molar-refractivity contribution >= 4 is 23.7 Å². The Kier molecular flexibility index (Phi) is 10.5. The van der Waals surface area contributed by atoms with Crippen LogP contribution in [-0.4, -0.2) is 80.9 Å². The first-order chi connectivity index (χ1) is 16.1. The van der Waals surface area contributed by atoms with Crippen molar-refractivity contribution in [2.75, 3.05) is 13.1 Å². The van der Waals surface area contributed by atoms with Crippen LogP contribution < -0.4 is 22.1 Å². The van der Waals surface area contributed by atoms with E-state index in [9.17, 15) is 24.3 Å². The molecule has 1 aromatic heterocycles. The minimum absolute atomic E-state index is 0.0996.